The van der Waals surface area contributed by atoms with E-state index < -0.39 is 51.1 Å². The Balaban J connectivity index is 1.88. The standard InChI is InChI=1S/C19H20F3N3O4S/c1-13(18(27)23-11-14-6-3-2-4-7-14)25-17(26)12-24-30(28,29)16-9-5-8-15(10-16)19(20,21)22/h2-10,13,24H,11-12H2,1H3,(H,23,27)(H,25,26). The first-order valence-electron chi connectivity index (χ1n) is 8.77. The van der Waals surface area contributed by atoms with Crippen molar-refractivity contribution in [1.29, 1.82) is 0 Å². The van der Waals surface area contributed by atoms with E-state index in [-0.39, 0.29) is 6.54 Å². The molecule has 0 spiro atoms. The second kappa shape index (κ2) is 9.72. The first-order valence-corrected chi connectivity index (χ1v) is 10.3. The molecule has 11 heteroatoms. The summed E-state index contributed by atoms with van der Waals surface area (Å²) in [5.74, 6) is -1.29. The average molecular weight is 443 g/mol. The van der Waals surface area contributed by atoms with Gasteiger partial charge < -0.3 is 10.6 Å². The van der Waals surface area contributed by atoms with Gasteiger partial charge in [0.2, 0.25) is 21.8 Å². The summed E-state index contributed by atoms with van der Waals surface area (Å²) in [7, 11) is -4.35. The van der Waals surface area contributed by atoms with Crippen LogP contribution in [0.1, 0.15) is 18.1 Å². The molecular formula is C19H20F3N3O4S. The largest absolute Gasteiger partial charge is 0.416 e. The van der Waals surface area contributed by atoms with Crippen molar-refractivity contribution in [3.63, 3.8) is 0 Å². The molecule has 1 atom stereocenters. The van der Waals surface area contributed by atoms with E-state index in [2.05, 4.69) is 10.6 Å². The molecule has 0 fully saturated rings. The molecule has 0 aliphatic rings. The number of rotatable bonds is 8. The summed E-state index contributed by atoms with van der Waals surface area (Å²) in [5, 5.41) is 4.94. The zero-order valence-electron chi connectivity index (χ0n) is 15.9. The van der Waals surface area contributed by atoms with E-state index in [4.69, 9.17) is 0 Å². The highest BCUT2D eigenvalue weighted by molar-refractivity contribution is 7.89. The molecule has 0 bridgehead atoms. The maximum absolute atomic E-state index is 12.7. The first-order chi connectivity index (χ1) is 14.0. The van der Waals surface area contributed by atoms with E-state index in [0.717, 1.165) is 23.8 Å². The number of alkyl halides is 3. The smallest absolute Gasteiger partial charge is 0.350 e. The Hall–Kier alpha value is -2.92. The minimum Gasteiger partial charge on any atom is -0.350 e. The minimum absolute atomic E-state index is 0.252. The Morgan fingerprint density at radius 1 is 1.03 bits per heavy atom. The number of hydrogen-bond donors (Lipinski definition) is 3. The highest BCUT2D eigenvalue weighted by atomic mass is 32.2. The molecular weight excluding hydrogens is 423 g/mol. The van der Waals surface area contributed by atoms with Crippen LogP contribution in [0.2, 0.25) is 0 Å². The number of sulfonamides is 1. The highest BCUT2D eigenvalue weighted by Crippen LogP contribution is 2.30. The molecule has 0 radical (unpaired) electrons. The predicted molar refractivity (Wildman–Crippen MR) is 103 cm³/mol. The monoisotopic (exact) mass is 443 g/mol. The van der Waals surface area contributed by atoms with Crippen LogP contribution in [0.5, 0.6) is 0 Å². The number of hydrogen-bond acceptors (Lipinski definition) is 4. The van der Waals surface area contributed by atoms with Crippen LogP contribution in [0.15, 0.2) is 59.5 Å². The van der Waals surface area contributed by atoms with Gasteiger partial charge in [0, 0.05) is 6.54 Å². The van der Waals surface area contributed by atoms with E-state index >= 15 is 0 Å². The van der Waals surface area contributed by atoms with Crippen LogP contribution in [0.4, 0.5) is 13.2 Å². The molecule has 0 saturated heterocycles. The molecule has 3 N–H and O–H groups in total. The number of nitrogens with one attached hydrogen (secondary N) is 3. The quantitative estimate of drug-likeness (QED) is 0.579. The lowest BCUT2D eigenvalue weighted by atomic mass is 10.2. The van der Waals surface area contributed by atoms with Crippen LogP contribution in [0, 0.1) is 0 Å². The van der Waals surface area contributed by atoms with Gasteiger partial charge in [-0.2, -0.15) is 13.2 Å². The van der Waals surface area contributed by atoms with Gasteiger partial charge in [-0.25, -0.2) is 13.1 Å². The fraction of sp³-hybridized carbons (Fsp3) is 0.263. The van der Waals surface area contributed by atoms with Crippen molar-refractivity contribution in [3.05, 3.63) is 65.7 Å². The summed E-state index contributed by atoms with van der Waals surface area (Å²) < 4.78 is 64.5. The summed E-state index contributed by atoms with van der Waals surface area (Å²) >= 11 is 0. The Morgan fingerprint density at radius 3 is 2.33 bits per heavy atom. The van der Waals surface area contributed by atoms with Crippen molar-refractivity contribution in [2.45, 2.75) is 30.6 Å². The van der Waals surface area contributed by atoms with Crippen molar-refractivity contribution in [2.24, 2.45) is 0 Å². The van der Waals surface area contributed by atoms with Crippen molar-refractivity contribution in [3.8, 4) is 0 Å². The molecule has 7 nitrogen and oxygen atoms in total. The normalized spacial score (nSPS) is 12.8. The zero-order valence-corrected chi connectivity index (χ0v) is 16.7. The molecule has 2 aromatic rings. The Labute approximate surface area is 171 Å². The summed E-state index contributed by atoms with van der Waals surface area (Å²) in [5.41, 5.74) is -0.267. The van der Waals surface area contributed by atoms with E-state index in [1.54, 1.807) is 0 Å². The molecule has 2 rings (SSSR count). The topological polar surface area (TPSA) is 104 Å². The van der Waals surface area contributed by atoms with Crippen LogP contribution >= 0.6 is 0 Å². The Bertz CT molecular complexity index is 996. The highest BCUT2D eigenvalue weighted by Gasteiger charge is 2.31. The van der Waals surface area contributed by atoms with Gasteiger partial charge in [0.15, 0.2) is 0 Å². The lowest BCUT2D eigenvalue weighted by Crippen LogP contribution is -2.47. The third-order valence-corrected chi connectivity index (χ3v) is 5.37. The van der Waals surface area contributed by atoms with E-state index in [9.17, 15) is 31.2 Å². The predicted octanol–water partition coefficient (Wildman–Crippen LogP) is 1.80. The lowest BCUT2D eigenvalue weighted by Gasteiger charge is -2.15. The third kappa shape index (κ3) is 6.85. The SMILES string of the molecule is CC(NC(=O)CNS(=O)(=O)c1cccc(C(F)(F)F)c1)C(=O)NCc1ccccc1. The number of halogens is 3. The zero-order chi connectivity index (χ0) is 22.4. The van der Waals surface area contributed by atoms with Gasteiger partial charge in [-0.1, -0.05) is 36.4 Å². The van der Waals surface area contributed by atoms with Crippen molar-refractivity contribution in [1.82, 2.24) is 15.4 Å². The Kier molecular flexibility index (Phi) is 7.57. The molecule has 0 aliphatic carbocycles. The van der Waals surface area contributed by atoms with Gasteiger partial charge in [-0.05, 0) is 30.7 Å². The van der Waals surface area contributed by atoms with Crippen LogP contribution in [0.25, 0.3) is 0 Å². The van der Waals surface area contributed by atoms with E-state index in [1.807, 2.05) is 35.1 Å². The number of amides is 2. The van der Waals surface area contributed by atoms with Gasteiger partial charge >= 0.3 is 6.18 Å². The van der Waals surface area contributed by atoms with Gasteiger partial charge in [-0.15, -0.1) is 0 Å². The fourth-order valence-corrected chi connectivity index (χ4v) is 3.41. The van der Waals surface area contributed by atoms with E-state index in [0.29, 0.717) is 6.07 Å². The van der Waals surface area contributed by atoms with Gasteiger partial charge in [-0.3, -0.25) is 9.59 Å². The maximum atomic E-state index is 12.7. The number of carbonyl (C=O) groups excluding carboxylic acids is 2. The van der Waals surface area contributed by atoms with Gasteiger partial charge in [0.25, 0.3) is 0 Å². The summed E-state index contributed by atoms with van der Waals surface area (Å²) in [6, 6.07) is 11.3. The molecule has 30 heavy (non-hydrogen) atoms. The molecule has 162 valence electrons. The number of benzene rings is 2. The molecule has 0 aromatic heterocycles. The summed E-state index contributed by atoms with van der Waals surface area (Å²) in [6.45, 7) is 0.927. The molecule has 2 aromatic carbocycles. The second-order valence-electron chi connectivity index (χ2n) is 6.34. The van der Waals surface area contributed by atoms with Crippen molar-refractivity contribution >= 4 is 21.8 Å². The van der Waals surface area contributed by atoms with Gasteiger partial charge in [0.1, 0.15) is 6.04 Å². The number of carbonyl (C=O) groups is 2. The molecule has 0 heterocycles. The fourth-order valence-electron chi connectivity index (χ4n) is 2.38. The Morgan fingerprint density at radius 2 is 1.70 bits per heavy atom. The second-order valence-corrected chi connectivity index (χ2v) is 8.11. The van der Waals surface area contributed by atoms with Crippen molar-refractivity contribution in [2.75, 3.05) is 6.54 Å². The third-order valence-electron chi connectivity index (χ3n) is 3.97. The van der Waals surface area contributed by atoms with Crippen LogP contribution < -0.4 is 15.4 Å². The van der Waals surface area contributed by atoms with Crippen LogP contribution in [0.3, 0.4) is 0 Å². The minimum atomic E-state index is -4.70. The molecule has 1 unspecified atom stereocenters. The van der Waals surface area contributed by atoms with Crippen LogP contribution in [-0.2, 0) is 32.3 Å². The molecule has 0 aliphatic heterocycles. The average Bonchev–Trinajstić information content (AvgIpc) is 2.70. The molecule has 0 saturated carbocycles. The van der Waals surface area contributed by atoms with E-state index in [1.165, 1.54) is 6.92 Å². The summed E-state index contributed by atoms with van der Waals surface area (Å²) in [6.07, 6.45) is -4.70. The maximum Gasteiger partial charge on any atom is 0.416 e. The first kappa shape index (κ1) is 23.4. The summed E-state index contributed by atoms with van der Waals surface area (Å²) in [4.78, 5) is 23.3. The van der Waals surface area contributed by atoms with Crippen molar-refractivity contribution < 1.29 is 31.2 Å². The van der Waals surface area contributed by atoms with Crippen LogP contribution in [-0.4, -0.2) is 32.8 Å². The van der Waals surface area contributed by atoms with Gasteiger partial charge in [0.05, 0.1) is 17.0 Å². The lowest BCUT2D eigenvalue weighted by molar-refractivity contribution is -0.137. The molecule has 2 amide bonds.